The Kier molecular flexibility index (Phi) is 3.30. The Labute approximate surface area is 138 Å². The lowest BCUT2D eigenvalue weighted by molar-refractivity contribution is 0.408. The third-order valence-electron chi connectivity index (χ3n) is 4.16. The molecule has 4 aromatic heterocycles. The maximum absolute atomic E-state index is 5.53. The summed E-state index contributed by atoms with van der Waals surface area (Å²) in [6.45, 7) is 4.12. The molecule has 0 N–H and O–H groups in total. The second kappa shape index (κ2) is 5.49. The second-order valence-corrected chi connectivity index (χ2v) is 6.04. The van der Waals surface area contributed by atoms with Crippen molar-refractivity contribution in [1.29, 1.82) is 0 Å². The van der Waals surface area contributed by atoms with Crippen LogP contribution in [-0.4, -0.2) is 25.1 Å². The zero-order valence-electron chi connectivity index (χ0n) is 13.3. The Morgan fingerprint density at radius 3 is 2.54 bits per heavy atom. The minimum atomic E-state index is -0.383. The van der Waals surface area contributed by atoms with E-state index in [-0.39, 0.29) is 5.41 Å². The van der Waals surface area contributed by atoms with Crippen LogP contribution in [0.5, 0.6) is 0 Å². The average Bonchev–Trinajstić information content (AvgIpc) is 3.13. The lowest BCUT2D eigenvalue weighted by Gasteiger charge is -2.20. The molecule has 0 saturated heterocycles. The topological polar surface area (TPSA) is 77.6 Å². The van der Waals surface area contributed by atoms with Gasteiger partial charge in [0.1, 0.15) is 0 Å². The van der Waals surface area contributed by atoms with Gasteiger partial charge in [0.15, 0.2) is 5.82 Å². The number of pyridine rings is 3. The normalized spacial score (nSPS) is 11.8. The van der Waals surface area contributed by atoms with Gasteiger partial charge in [0.25, 0.3) is 5.89 Å². The number of rotatable bonds is 3. The van der Waals surface area contributed by atoms with Crippen LogP contribution in [0.25, 0.3) is 22.4 Å². The van der Waals surface area contributed by atoms with Crippen molar-refractivity contribution in [3.8, 4) is 11.5 Å². The fourth-order valence-electron chi connectivity index (χ4n) is 2.66. The van der Waals surface area contributed by atoms with E-state index >= 15 is 0 Å². The average molecular weight is 317 g/mol. The van der Waals surface area contributed by atoms with Crippen LogP contribution in [0.2, 0.25) is 0 Å². The molecule has 0 aliphatic heterocycles. The molecule has 6 nitrogen and oxygen atoms in total. The fourth-order valence-corrected chi connectivity index (χ4v) is 2.66. The van der Waals surface area contributed by atoms with E-state index in [2.05, 4.69) is 38.9 Å². The van der Waals surface area contributed by atoms with Gasteiger partial charge in [-0.1, -0.05) is 5.16 Å². The first kappa shape index (κ1) is 14.4. The lowest BCUT2D eigenvalue weighted by atomic mass is 9.84. The molecule has 4 aromatic rings. The Morgan fingerprint density at radius 2 is 1.71 bits per heavy atom. The van der Waals surface area contributed by atoms with Crippen molar-refractivity contribution < 1.29 is 4.52 Å². The van der Waals surface area contributed by atoms with Crippen molar-refractivity contribution in [1.82, 2.24) is 25.1 Å². The summed E-state index contributed by atoms with van der Waals surface area (Å²) < 4.78 is 5.53. The number of aromatic nitrogens is 5. The van der Waals surface area contributed by atoms with E-state index in [1.807, 2.05) is 24.3 Å². The van der Waals surface area contributed by atoms with Gasteiger partial charge in [-0.2, -0.15) is 4.98 Å². The van der Waals surface area contributed by atoms with Gasteiger partial charge in [0.2, 0.25) is 0 Å². The fraction of sp³-hybridized carbons (Fsp3) is 0.167. The molecule has 0 atom stereocenters. The standard InChI is InChI=1S/C18H15N5O/c1-18(2,12-3-7-19-8-4-12)17-22-16(24-23-17)13-5-10-21-15-6-9-20-11-14(13)15/h3-11H,1-2H3. The van der Waals surface area contributed by atoms with E-state index in [1.165, 1.54) is 0 Å². The molecule has 4 rings (SSSR count). The van der Waals surface area contributed by atoms with Crippen molar-refractivity contribution in [2.75, 3.05) is 0 Å². The first-order valence-corrected chi connectivity index (χ1v) is 7.60. The highest BCUT2D eigenvalue weighted by atomic mass is 16.5. The number of nitrogens with zero attached hydrogens (tertiary/aromatic N) is 5. The third-order valence-corrected chi connectivity index (χ3v) is 4.16. The van der Waals surface area contributed by atoms with Gasteiger partial charge in [0, 0.05) is 36.4 Å². The minimum Gasteiger partial charge on any atom is -0.334 e. The van der Waals surface area contributed by atoms with E-state index in [0.717, 1.165) is 22.0 Å². The molecule has 0 aliphatic carbocycles. The van der Waals surface area contributed by atoms with E-state index in [4.69, 9.17) is 4.52 Å². The molecule has 0 unspecified atom stereocenters. The molecule has 0 saturated carbocycles. The Morgan fingerprint density at radius 1 is 0.917 bits per heavy atom. The van der Waals surface area contributed by atoms with Gasteiger partial charge in [-0.3, -0.25) is 15.0 Å². The van der Waals surface area contributed by atoms with Crippen LogP contribution in [0.15, 0.2) is 59.8 Å². The van der Waals surface area contributed by atoms with Crippen molar-refractivity contribution >= 4 is 10.9 Å². The summed E-state index contributed by atoms with van der Waals surface area (Å²) in [6, 6.07) is 7.64. The van der Waals surface area contributed by atoms with E-state index in [0.29, 0.717) is 11.7 Å². The first-order valence-electron chi connectivity index (χ1n) is 7.60. The quantitative estimate of drug-likeness (QED) is 0.576. The van der Waals surface area contributed by atoms with Crippen LogP contribution in [0.4, 0.5) is 0 Å². The molecule has 24 heavy (non-hydrogen) atoms. The maximum atomic E-state index is 5.53. The molecule has 118 valence electrons. The molecule has 0 aromatic carbocycles. The summed E-state index contributed by atoms with van der Waals surface area (Å²) in [7, 11) is 0. The van der Waals surface area contributed by atoms with E-state index in [9.17, 15) is 0 Å². The Hall–Kier alpha value is -3.15. The summed E-state index contributed by atoms with van der Waals surface area (Å²) in [5.74, 6) is 1.09. The van der Waals surface area contributed by atoms with Gasteiger partial charge >= 0.3 is 0 Å². The van der Waals surface area contributed by atoms with Gasteiger partial charge in [0.05, 0.1) is 16.5 Å². The summed E-state index contributed by atoms with van der Waals surface area (Å²) in [5, 5.41) is 5.09. The molecule has 0 bridgehead atoms. The van der Waals surface area contributed by atoms with Crippen LogP contribution < -0.4 is 0 Å². The molecular formula is C18H15N5O. The van der Waals surface area contributed by atoms with Crippen LogP contribution in [0.1, 0.15) is 25.2 Å². The van der Waals surface area contributed by atoms with Gasteiger partial charge < -0.3 is 4.52 Å². The molecule has 0 fully saturated rings. The van der Waals surface area contributed by atoms with Gasteiger partial charge in [-0.15, -0.1) is 0 Å². The summed E-state index contributed by atoms with van der Waals surface area (Å²) >= 11 is 0. The molecule has 0 aliphatic rings. The van der Waals surface area contributed by atoms with Crippen LogP contribution in [0, 0.1) is 0 Å². The first-order chi connectivity index (χ1) is 11.7. The summed E-state index contributed by atoms with van der Waals surface area (Å²) in [5.41, 5.74) is 2.37. The van der Waals surface area contributed by atoms with Crippen LogP contribution in [0.3, 0.4) is 0 Å². The summed E-state index contributed by atoms with van der Waals surface area (Å²) in [4.78, 5) is 17.2. The Balaban J connectivity index is 1.80. The number of fused-ring (bicyclic) bond motifs is 1. The molecule has 0 radical (unpaired) electrons. The molecule has 6 heteroatoms. The highest BCUT2D eigenvalue weighted by molar-refractivity contribution is 5.91. The summed E-state index contributed by atoms with van der Waals surface area (Å²) in [6.07, 6.45) is 8.73. The minimum absolute atomic E-state index is 0.383. The number of hydrogen-bond acceptors (Lipinski definition) is 6. The molecular weight excluding hydrogens is 302 g/mol. The smallest absolute Gasteiger partial charge is 0.258 e. The van der Waals surface area contributed by atoms with Crippen molar-refractivity contribution in [2.45, 2.75) is 19.3 Å². The van der Waals surface area contributed by atoms with Crippen molar-refractivity contribution in [3.05, 3.63) is 66.6 Å². The molecule has 0 amide bonds. The van der Waals surface area contributed by atoms with E-state index in [1.54, 1.807) is 31.0 Å². The SMILES string of the molecule is CC(C)(c1ccncc1)c1noc(-c2ccnc3ccncc23)n1. The largest absolute Gasteiger partial charge is 0.334 e. The predicted octanol–water partition coefficient (Wildman–Crippen LogP) is 3.40. The maximum Gasteiger partial charge on any atom is 0.258 e. The lowest BCUT2D eigenvalue weighted by Crippen LogP contribution is -2.20. The predicted molar refractivity (Wildman–Crippen MR) is 89.2 cm³/mol. The van der Waals surface area contributed by atoms with Crippen molar-refractivity contribution in [2.24, 2.45) is 0 Å². The Bertz CT molecular complexity index is 989. The van der Waals surface area contributed by atoms with Gasteiger partial charge in [-0.05, 0) is 43.7 Å². The highest BCUT2D eigenvalue weighted by Crippen LogP contribution is 2.32. The van der Waals surface area contributed by atoms with Crippen LogP contribution >= 0.6 is 0 Å². The van der Waals surface area contributed by atoms with E-state index < -0.39 is 0 Å². The molecule has 0 spiro atoms. The number of hydrogen-bond donors (Lipinski definition) is 0. The second-order valence-electron chi connectivity index (χ2n) is 6.04. The van der Waals surface area contributed by atoms with Gasteiger partial charge in [-0.25, -0.2) is 0 Å². The zero-order chi connectivity index (χ0) is 16.6. The third kappa shape index (κ3) is 2.32. The monoisotopic (exact) mass is 317 g/mol. The molecule has 4 heterocycles. The zero-order valence-corrected chi connectivity index (χ0v) is 13.3. The highest BCUT2D eigenvalue weighted by Gasteiger charge is 2.29. The van der Waals surface area contributed by atoms with Crippen molar-refractivity contribution in [3.63, 3.8) is 0 Å². The van der Waals surface area contributed by atoms with Crippen LogP contribution in [-0.2, 0) is 5.41 Å².